The normalized spacial score (nSPS) is 11.1. The molecule has 2 aromatic rings. The van der Waals surface area contributed by atoms with Gasteiger partial charge in [-0.15, -0.1) is 0 Å². The molecule has 7 heteroatoms. The minimum Gasteiger partial charge on any atom is -0.267 e. The number of amides is 1. The third-order valence-corrected chi connectivity index (χ3v) is 3.16. The Labute approximate surface area is 131 Å². The monoisotopic (exact) mass is 317 g/mol. The van der Waals surface area contributed by atoms with Gasteiger partial charge in [-0.05, 0) is 30.7 Å². The zero-order valence-corrected chi connectivity index (χ0v) is 12.4. The van der Waals surface area contributed by atoms with E-state index < -0.39 is 10.8 Å². The molecule has 0 unspecified atom stereocenters. The summed E-state index contributed by atoms with van der Waals surface area (Å²) in [6.45, 7) is 1.73. The van der Waals surface area contributed by atoms with Gasteiger partial charge in [-0.25, -0.2) is 5.43 Å². The number of nitro benzene ring substituents is 1. The first-order valence-corrected chi connectivity index (χ1v) is 6.70. The van der Waals surface area contributed by atoms with Crippen LogP contribution >= 0.6 is 11.6 Å². The molecule has 0 aliphatic rings. The van der Waals surface area contributed by atoms with Gasteiger partial charge in [-0.1, -0.05) is 29.8 Å². The van der Waals surface area contributed by atoms with Gasteiger partial charge in [0.1, 0.15) is 0 Å². The van der Waals surface area contributed by atoms with Gasteiger partial charge in [-0.2, -0.15) is 5.10 Å². The topological polar surface area (TPSA) is 84.6 Å². The molecule has 0 bridgehead atoms. The van der Waals surface area contributed by atoms with Crippen LogP contribution in [0, 0.1) is 10.1 Å². The van der Waals surface area contributed by atoms with E-state index in [0.29, 0.717) is 10.7 Å². The van der Waals surface area contributed by atoms with Gasteiger partial charge in [0, 0.05) is 22.7 Å². The lowest BCUT2D eigenvalue weighted by atomic mass is 10.1. The van der Waals surface area contributed by atoms with Crippen molar-refractivity contribution in [3.63, 3.8) is 0 Å². The minimum absolute atomic E-state index is 0.147. The lowest BCUT2D eigenvalue weighted by Gasteiger charge is -2.03. The number of carbonyl (C=O) groups excluding carboxylic acids is 1. The standard InChI is InChI=1S/C15H12ClN3O3/c1-10(11-5-7-13(16)8-6-11)17-18-15(20)12-3-2-4-14(9-12)19(21)22/h2-9H,1H3,(H,18,20). The Morgan fingerprint density at radius 2 is 1.86 bits per heavy atom. The smallest absolute Gasteiger partial charge is 0.267 e. The van der Waals surface area contributed by atoms with Crippen molar-refractivity contribution in [3.8, 4) is 0 Å². The Kier molecular flexibility index (Phi) is 4.85. The molecule has 0 radical (unpaired) electrons. The highest BCUT2D eigenvalue weighted by Crippen LogP contribution is 2.13. The Bertz CT molecular complexity index is 742. The lowest BCUT2D eigenvalue weighted by Crippen LogP contribution is -2.19. The van der Waals surface area contributed by atoms with Crippen LogP contribution in [0.4, 0.5) is 5.69 Å². The summed E-state index contributed by atoms with van der Waals surface area (Å²) in [5.74, 6) is -0.517. The van der Waals surface area contributed by atoms with E-state index in [4.69, 9.17) is 11.6 Å². The molecule has 0 atom stereocenters. The lowest BCUT2D eigenvalue weighted by molar-refractivity contribution is -0.384. The van der Waals surface area contributed by atoms with Gasteiger partial charge in [-0.3, -0.25) is 14.9 Å². The van der Waals surface area contributed by atoms with Crippen LogP contribution in [0.3, 0.4) is 0 Å². The maximum atomic E-state index is 11.9. The minimum atomic E-state index is -0.557. The van der Waals surface area contributed by atoms with E-state index in [1.807, 2.05) is 0 Å². The number of benzene rings is 2. The van der Waals surface area contributed by atoms with E-state index in [9.17, 15) is 14.9 Å². The van der Waals surface area contributed by atoms with Crippen molar-refractivity contribution < 1.29 is 9.72 Å². The molecular weight excluding hydrogens is 306 g/mol. The molecule has 0 aliphatic carbocycles. The quantitative estimate of drug-likeness (QED) is 0.533. The van der Waals surface area contributed by atoms with Crippen LogP contribution in [-0.2, 0) is 0 Å². The summed E-state index contributed by atoms with van der Waals surface area (Å²) in [7, 11) is 0. The Morgan fingerprint density at radius 3 is 2.50 bits per heavy atom. The number of nitrogens with one attached hydrogen (secondary N) is 1. The molecule has 112 valence electrons. The molecule has 0 fully saturated rings. The SMILES string of the molecule is CC(=NNC(=O)c1cccc([N+](=O)[O-])c1)c1ccc(Cl)cc1. The van der Waals surface area contributed by atoms with Crippen LogP contribution in [-0.4, -0.2) is 16.5 Å². The fourth-order valence-corrected chi connectivity index (χ4v) is 1.84. The van der Waals surface area contributed by atoms with Crippen molar-refractivity contribution in [1.82, 2.24) is 5.43 Å². The first kappa shape index (κ1) is 15.7. The van der Waals surface area contributed by atoms with Crippen molar-refractivity contribution in [2.45, 2.75) is 6.92 Å². The number of halogens is 1. The molecule has 0 spiro atoms. The number of nitro groups is 1. The Morgan fingerprint density at radius 1 is 1.18 bits per heavy atom. The number of hydrazone groups is 1. The average Bonchev–Trinajstić information content (AvgIpc) is 2.53. The summed E-state index contributed by atoms with van der Waals surface area (Å²) < 4.78 is 0. The van der Waals surface area contributed by atoms with Crippen molar-refractivity contribution in [2.75, 3.05) is 0 Å². The van der Waals surface area contributed by atoms with Crippen LogP contribution in [0.15, 0.2) is 53.6 Å². The van der Waals surface area contributed by atoms with Crippen LogP contribution in [0.1, 0.15) is 22.8 Å². The number of nitrogens with zero attached hydrogens (tertiary/aromatic N) is 2. The maximum Gasteiger partial charge on any atom is 0.271 e. The van der Waals surface area contributed by atoms with Gasteiger partial charge in [0.05, 0.1) is 10.6 Å². The van der Waals surface area contributed by atoms with Gasteiger partial charge < -0.3 is 0 Å². The molecule has 2 aromatic carbocycles. The Hall–Kier alpha value is -2.73. The van der Waals surface area contributed by atoms with Crippen molar-refractivity contribution in [2.24, 2.45) is 5.10 Å². The molecule has 2 rings (SSSR count). The van der Waals surface area contributed by atoms with E-state index in [0.717, 1.165) is 5.56 Å². The molecule has 0 saturated carbocycles. The van der Waals surface area contributed by atoms with Gasteiger partial charge in [0.15, 0.2) is 0 Å². The van der Waals surface area contributed by atoms with Crippen molar-refractivity contribution in [3.05, 3.63) is 74.8 Å². The summed E-state index contributed by atoms with van der Waals surface area (Å²) >= 11 is 5.80. The largest absolute Gasteiger partial charge is 0.271 e. The highest BCUT2D eigenvalue weighted by Gasteiger charge is 2.11. The molecule has 1 amide bonds. The predicted molar refractivity (Wildman–Crippen MR) is 84.2 cm³/mol. The number of hydrogen-bond acceptors (Lipinski definition) is 4. The molecule has 0 saturated heterocycles. The number of rotatable bonds is 4. The number of hydrogen-bond donors (Lipinski definition) is 1. The summed E-state index contributed by atoms with van der Waals surface area (Å²) in [5.41, 5.74) is 3.79. The second-order valence-corrected chi connectivity index (χ2v) is 4.89. The van der Waals surface area contributed by atoms with Gasteiger partial charge in [0.25, 0.3) is 11.6 Å². The zero-order valence-electron chi connectivity index (χ0n) is 11.6. The summed E-state index contributed by atoms with van der Waals surface area (Å²) in [5, 5.41) is 15.3. The summed E-state index contributed by atoms with van der Waals surface area (Å²) in [4.78, 5) is 22.1. The zero-order chi connectivity index (χ0) is 16.1. The van der Waals surface area contributed by atoms with Crippen LogP contribution < -0.4 is 5.43 Å². The summed E-state index contributed by atoms with van der Waals surface area (Å²) in [6.07, 6.45) is 0. The molecule has 0 aromatic heterocycles. The highest BCUT2D eigenvalue weighted by atomic mass is 35.5. The van der Waals surface area contributed by atoms with Crippen molar-refractivity contribution in [1.29, 1.82) is 0 Å². The highest BCUT2D eigenvalue weighted by molar-refractivity contribution is 6.30. The van der Waals surface area contributed by atoms with E-state index in [-0.39, 0.29) is 11.3 Å². The molecule has 1 N–H and O–H groups in total. The van der Waals surface area contributed by atoms with E-state index >= 15 is 0 Å². The Balaban J connectivity index is 2.11. The predicted octanol–water partition coefficient (Wildman–Crippen LogP) is 3.40. The van der Waals surface area contributed by atoms with Crippen LogP contribution in [0.5, 0.6) is 0 Å². The maximum absolute atomic E-state index is 11.9. The third-order valence-electron chi connectivity index (χ3n) is 2.91. The van der Waals surface area contributed by atoms with Gasteiger partial charge >= 0.3 is 0 Å². The summed E-state index contributed by atoms with van der Waals surface area (Å²) in [6, 6.07) is 12.4. The first-order valence-electron chi connectivity index (χ1n) is 6.32. The molecular formula is C15H12ClN3O3. The fraction of sp³-hybridized carbons (Fsp3) is 0.0667. The fourth-order valence-electron chi connectivity index (χ4n) is 1.72. The first-order chi connectivity index (χ1) is 10.5. The van der Waals surface area contributed by atoms with E-state index in [2.05, 4.69) is 10.5 Å². The molecule has 22 heavy (non-hydrogen) atoms. The number of carbonyl (C=O) groups is 1. The third kappa shape index (κ3) is 3.89. The second kappa shape index (κ2) is 6.82. The van der Waals surface area contributed by atoms with Crippen LogP contribution in [0.2, 0.25) is 5.02 Å². The van der Waals surface area contributed by atoms with Crippen LogP contribution in [0.25, 0.3) is 0 Å². The van der Waals surface area contributed by atoms with Gasteiger partial charge in [0.2, 0.25) is 0 Å². The average molecular weight is 318 g/mol. The molecule has 0 heterocycles. The number of non-ortho nitro benzene ring substituents is 1. The van der Waals surface area contributed by atoms with E-state index in [1.165, 1.54) is 24.3 Å². The second-order valence-electron chi connectivity index (χ2n) is 4.45. The van der Waals surface area contributed by atoms with Crippen molar-refractivity contribution >= 4 is 28.9 Å². The molecule has 6 nitrogen and oxygen atoms in total. The molecule has 0 aliphatic heterocycles. The van der Waals surface area contributed by atoms with E-state index in [1.54, 1.807) is 31.2 Å².